The van der Waals surface area contributed by atoms with Gasteiger partial charge in [-0.05, 0) is 13.1 Å². The van der Waals surface area contributed by atoms with Gasteiger partial charge >= 0.3 is 0 Å². The van der Waals surface area contributed by atoms with Crippen LogP contribution in [0.15, 0.2) is 26.4 Å². The quantitative estimate of drug-likeness (QED) is 0.445. The summed E-state index contributed by atoms with van der Waals surface area (Å²) >= 11 is 2.27. The Labute approximate surface area is 104 Å². The van der Waals surface area contributed by atoms with E-state index in [1.54, 1.807) is 7.05 Å². The third-order valence-electron chi connectivity index (χ3n) is 2.09. The molecule has 0 radical (unpaired) electrons. The molecule has 0 aromatic rings. The summed E-state index contributed by atoms with van der Waals surface area (Å²) in [6.07, 6.45) is 2.87. The standard InChI is InChI=1S/C10H15IN4/c1-4-5-15-10(13-3)8(7-14-15)9(6-11)12-2/h7H,2,4-6H2,1,3H3/b9-8-,13-10?. The Kier molecular flexibility index (Phi) is 4.93. The first kappa shape index (κ1) is 12.4. The molecule has 0 aromatic carbocycles. The van der Waals surface area contributed by atoms with E-state index in [4.69, 9.17) is 0 Å². The zero-order chi connectivity index (χ0) is 11.3. The highest BCUT2D eigenvalue weighted by Gasteiger charge is 2.21. The first-order chi connectivity index (χ1) is 7.28. The minimum absolute atomic E-state index is 0.821. The number of rotatable bonds is 4. The summed E-state index contributed by atoms with van der Waals surface area (Å²) < 4.78 is 0.821. The van der Waals surface area contributed by atoms with Crippen LogP contribution in [0, 0.1) is 0 Å². The fraction of sp³-hybridized carbons (Fsp3) is 0.500. The predicted octanol–water partition coefficient (Wildman–Crippen LogP) is 2.12. The molecule has 82 valence electrons. The second kappa shape index (κ2) is 5.99. The number of amidine groups is 1. The van der Waals surface area contributed by atoms with Crippen molar-refractivity contribution in [3.05, 3.63) is 11.3 Å². The van der Waals surface area contributed by atoms with Gasteiger partial charge in [0.15, 0.2) is 5.84 Å². The lowest BCUT2D eigenvalue weighted by molar-refractivity contribution is 0.454. The SMILES string of the molecule is C=N/C(CI)=C1/C=NN(CCC)C1=NC. The molecule has 0 amide bonds. The fourth-order valence-electron chi connectivity index (χ4n) is 1.39. The molecule has 0 N–H and O–H groups in total. The average molecular weight is 318 g/mol. The Morgan fingerprint density at radius 3 is 2.87 bits per heavy atom. The van der Waals surface area contributed by atoms with E-state index in [2.05, 4.69) is 51.3 Å². The predicted molar refractivity (Wildman–Crippen MR) is 74.3 cm³/mol. The molecule has 5 heteroatoms. The smallest absolute Gasteiger partial charge is 0.154 e. The van der Waals surface area contributed by atoms with Crippen LogP contribution in [0.3, 0.4) is 0 Å². The van der Waals surface area contributed by atoms with Gasteiger partial charge < -0.3 is 0 Å². The number of hydrazone groups is 1. The van der Waals surface area contributed by atoms with Crippen molar-refractivity contribution in [3.63, 3.8) is 0 Å². The summed E-state index contributed by atoms with van der Waals surface area (Å²) in [5.74, 6) is 0.899. The Hall–Kier alpha value is -0.720. The molecule has 0 unspecified atom stereocenters. The highest BCUT2D eigenvalue weighted by atomic mass is 127. The molecule has 0 spiro atoms. The van der Waals surface area contributed by atoms with Gasteiger partial charge in [-0.3, -0.25) is 9.98 Å². The number of nitrogens with zero attached hydrogens (tertiary/aromatic N) is 4. The van der Waals surface area contributed by atoms with Crippen LogP contribution in [0.25, 0.3) is 0 Å². The number of hydrogen-bond donors (Lipinski definition) is 0. The first-order valence-corrected chi connectivity index (χ1v) is 6.35. The number of halogens is 1. The van der Waals surface area contributed by atoms with Gasteiger partial charge in [-0.2, -0.15) is 5.10 Å². The largest absolute Gasteiger partial charge is 0.270 e. The van der Waals surface area contributed by atoms with Crippen molar-refractivity contribution in [2.24, 2.45) is 15.1 Å². The maximum atomic E-state index is 4.30. The molecule has 0 fully saturated rings. The van der Waals surface area contributed by atoms with Gasteiger partial charge in [-0.1, -0.05) is 29.5 Å². The minimum atomic E-state index is 0.821. The lowest BCUT2D eigenvalue weighted by Crippen LogP contribution is -2.23. The Balaban J connectivity index is 3.01. The molecule has 0 atom stereocenters. The van der Waals surface area contributed by atoms with E-state index in [9.17, 15) is 0 Å². The minimum Gasteiger partial charge on any atom is -0.270 e. The van der Waals surface area contributed by atoms with E-state index in [1.165, 1.54) is 0 Å². The molecule has 0 aromatic heterocycles. The van der Waals surface area contributed by atoms with Gasteiger partial charge in [-0.25, -0.2) is 5.01 Å². The normalized spacial score (nSPS) is 21.3. The maximum Gasteiger partial charge on any atom is 0.154 e. The number of alkyl halides is 1. The molecule has 0 aliphatic carbocycles. The molecule has 4 nitrogen and oxygen atoms in total. The van der Waals surface area contributed by atoms with Crippen molar-refractivity contribution in [3.8, 4) is 0 Å². The zero-order valence-electron chi connectivity index (χ0n) is 9.07. The van der Waals surface area contributed by atoms with Gasteiger partial charge in [0.2, 0.25) is 0 Å². The molecule has 1 heterocycles. The van der Waals surface area contributed by atoms with Crippen molar-refractivity contribution in [1.29, 1.82) is 0 Å². The van der Waals surface area contributed by atoms with Gasteiger partial charge in [0.05, 0.1) is 17.5 Å². The van der Waals surface area contributed by atoms with Crippen molar-refractivity contribution < 1.29 is 0 Å². The Bertz CT molecular complexity index is 330. The lowest BCUT2D eigenvalue weighted by Gasteiger charge is -2.14. The Morgan fingerprint density at radius 2 is 2.40 bits per heavy atom. The third-order valence-corrected chi connectivity index (χ3v) is 2.81. The van der Waals surface area contributed by atoms with Crippen LogP contribution in [0.4, 0.5) is 0 Å². The second-order valence-electron chi connectivity index (χ2n) is 3.07. The van der Waals surface area contributed by atoms with Gasteiger partial charge in [0.25, 0.3) is 0 Å². The summed E-state index contributed by atoms with van der Waals surface area (Å²) in [5, 5.41) is 6.21. The number of allylic oxidation sites excluding steroid dienone is 1. The summed E-state index contributed by atoms with van der Waals surface area (Å²) in [6, 6.07) is 0. The van der Waals surface area contributed by atoms with E-state index >= 15 is 0 Å². The molecule has 0 saturated heterocycles. The summed E-state index contributed by atoms with van der Waals surface area (Å²) in [7, 11) is 1.78. The van der Waals surface area contributed by atoms with E-state index in [-0.39, 0.29) is 0 Å². The molecule has 1 aliphatic rings. The van der Waals surface area contributed by atoms with E-state index in [0.717, 1.165) is 34.5 Å². The first-order valence-electron chi connectivity index (χ1n) is 4.83. The maximum absolute atomic E-state index is 4.30. The van der Waals surface area contributed by atoms with E-state index < -0.39 is 0 Å². The van der Waals surface area contributed by atoms with Crippen molar-refractivity contribution >= 4 is 41.4 Å². The molecule has 0 saturated carbocycles. The molecule has 15 heavy (non-hydrogen) atoms. The van der Waals surface area contributed by atoms with Crippen LogP contribution in [-0.2, 0) is 0 Å². The van der Waals surface area contributed by atoms with Crippen LogP contribution in [0.2, 0.25) is 0 Å². The number of hydrogen-bond acceptors (Lipinski definition) is 3. The van der Waals surface area contributed by atoms with E-state index in [1.807, 2.05) is 11.2 Å². The highest BCUT2D eigenvalue weighted by molar-refractivity contribution is 14.1. The molecule has 0 bridgehead atoms. The number of aliphatic imine (C=N–C) groups is 2. The van der Waals surface area contributed by atoms with Gasteiger partial charge in [0, 0.05) is 18.0 Å². The van der Waals surface area contributed by atoms with Crippen molar-refractivity contribution in [2.45, 2.75) is 13.3 Å². The fourth-order valence-corrected chi connectivity index (χ4v) is 2.05. The third kappa shape index (κ3) is 2.64. The molecular formula is C10H15IN4. The summed E-state index contributed by atoms with van der Waals surface area (Å²) in [5.41, 5.74) is 1.94. The second-order valence-corrected chi connectivity index (χ2v) is 3.83. The monoisotopic (exact) mass is 318 g/mol. The molecule has 1 aliphatic heterocycles. The van der Waals surface area contributed by atoms with E-state index in [0.29, 0.717) is 0 Å². The van der Waals surface area contributed by atoms with Gasteiger partial charge in [0.1, 0.15) is 0 Å². The van der Waals surface area contributed by atoms with Crippen LogP contribution < -0.4 is 0 Å². The Morgan fingerprint density at radius 1 is 1.67 bits per heavy atom. The van der Waals surface area contributed by atoms with Crippen molar-refractivity contribution in [2.75, 3.05) is 18.0 Å². The summed E-state index contributed by atoms with van der Waals surface area (Å²) in [6.45, 7) is 6.58. The zero-order valence-corrected chi connectivity index (χ0v) is 11.2. The van der Waals surface area contributed by atoms with Crippen LogP contribution in [0.5, 0.6) is 0 Å². The molecule has 1 rings (SSSR count). The van der Waals surface area contributed by atoms with Crippen LogP contribution in [-0.4, -0.2) is 41.8 Å². The van der Waals surface area contributed by atoms with Crippen molar-refractivity contribution in [1.82, 2.24) is 5.01 Å². The van der Waals surface area contributed by atoms with Gasteiger partial charge in [-0.15, -0.1) is 0 Å². The van der Waals surface area contributed by atoms with Crippen LogP contribution >= 0.6 is 22.6 Å². The highest BCUT2D eigenvalue weighted by Crippen LogP contribution is 2.17. The van der Waals surface area contributed by atoms with Crippen LogP contribution in [0.1, 0.15) is 13.3 Å². The lowest BCUT2D eigenvalue weighted by atomic mass is 10.2. The molecular weight excluding hydrogens is 303 g/mol. The topological polar surface area (TPSA) is 40.3 Å². The summed E-state index contributed by atoms with van der Waals surface area (Å²) in [4.78, 5) is 8.26. The average Bonchev–Trinajstić information content (AvgIpc) is 2.64.